The summed E-state index contributed by atoms with van der Waals surface area (Å²) in [7, 11) is 0. The van der Waals surface area contributed by atoms with Crippen LogP contribution in [0.4, 0.5) is 5.69 Å². The predicted molar refractivity (Wildman–Crippen MR) is 97.7 cm³/mol. The molecule has 24 heavy (non-hydrogen) atoms. The summed E-state index contributed by atoms with van der Waals surface area (Å²) >= 11 is 5.15. The number of ketones is 1. The van der Waals surface area contributed by atoms with Crippen molar-refractivity contribution in [3.8, 4) is 5.75 Å². The SMILES string of the molecule is CCOc1ccccc1C(=O)NC(=S)Nc1ccc(C(C)=O)cc1. The molecule has 2 aromatic carbocycles. The summed E-state index contributed by atoms with van der Waals surface area (Å²) in [6.07, 6.45) is 0. The first kappa shape index (κ1) is 17.6. The first-order valence-corrected chi connectivity index (χ1v) is 7.87. The summed E-state index contributed by atoms with van der Waals surface area (Å²) in [6.45, 7) is 3.82. The Hall–Kier alpha value is -2.73. The molecule has 0 bridgehead atoms. The van der Waals surface area contributed by atoms with Gasteiger partial charge in [-0.15, -0.1) is 0 Å². The Bertz CT molecular complexity index is 757. The van der Waals surface area contributed by atoms with Crippen molar-refractivity contribution in [1.29, 1.82) is 0 Å². The summed E-state index contributed by atoms with van der Waals surface area (Å²) in [6, 6.07) is 13.8. The molecule has 0 radical (unpaired) electrons. The summed E-state index contributed by atoms with van der Waals surface area (Å²) in [5.74, 6) is 0.146. The Balaban J connectivity index is 2.01. The summed E-state index contributed by atoms with van der Waals surface area (Å²) < 4.78 is 5.44. The minimum Gasteiger partial charge on any atom is -0.493 e. The van der Waals surface area contributed by atoms with Gasteiger partial charge >= 0.3 is 0 Å². The lowest BCUT2D eigenvalue weighted by atomic mass is 10.1. The highest BCUT2D eigenvalue weighted by molar-refractivity contribution is 7.80. The van der Waals surface area contributed by atoms with Gasteiger partial charge in [-0.25, -0.2) is 0 Å². The van der Waals surface area contributed by atoms with Crippen molar-refractivity contribution < 1.29 is 14.3 Å². The topological polar surface area (TPSA) is 67.4 Å². The van der Waals surface area contributed by atoms with E-state index in [1.165, 1.54) is 6.92 Å². The maximum atomic E-state index is 12.3. The van der Waals surface area contributed by atoms with Gasteiger partial charge < -0.3 is 10.1 Å². The van der Waals surface area contributed by atoms with Crippen LogP contribution in [0.25, 0.3) is 0 Å². The molecule has 5 nitrogen and oxygen atoms in total. The van der Waals surface area contributed by atoms with Gasteiger partial charge in [-0.05, 0) is 62.5 Å². The molecule has 0 unspecified atom stereocenters. The van der Waals surface area contributed by atoms with Gasteiger partial charge in [0, 0.05) is 11.3 Å². The molecular formula is C18H18N2O3S. The van der Waals surface area contributed by atoms with Crippen LogP contribution in [0.5, 0.6) is 5.75 Å². The van der Waals surface area contributed by atoms with Crippen molar-refractivity contribution in [2.45, 2.75) is 13.8 Å². The number of thiocarbonyl (C=S) groups is 1. The Morgan fingerprint density at radius 3 is 2.38 bits per heavy atom. The van der Waals surface area contributed by atoms with Crippen LogP contribution in [0.2, 0.25) is 0 Å². The minimum atomic E-state index is -0.350. The fourth-order valence-corrected chi connectivity index (χ4v) is 2.27. The van der Waals surface area contributed by atoms with Crippen LogP contribution in [0.3, 0.4) is 0 Å². The van der Waals surface area contributed by atoms with Gasteiger partial charge in [-0.1, -0.05) is 12.1 Å². The number of nitrogens with one attached hydrogen (secondary N) is 2. The average Bonchev–Trinajstić information content (AvgIpc) is 2.56. The molecule has 0 atom stereocenters. The second-order valence-electron chi connectivity index (χ2n) is 4.97. The number of amides is 1. The highest BCUT2D eigenvalue weighted by Crippen LogP contribution is 2.17. The molecule has 0 aliphatic rings. The molecule has 0 spiro atoms. The molecule has 0 fully saturated rings. The minimum absolute atomic E-state index is 0.00930. The van der Waals surface area contributed by atoms with Gasteiger partial charge in [-0.2, -0.15) is 0 Å². The monoisotopic (exact) mass is 342 g/mol. The zero-order chi connectivity index (χ0) is 17.5. The van der Waals surface area contributed by atoms with Crippen LogP contribution in [-0.4, -0.2) is 23.4 Å². The maximum Gasteiger partial charge on any atom is 0.261 e. The summed E-state index contributed by atoms with van der Waals surface area (Å²) in [4.78, 5) is 23.6. The first-order chi connectivity index (χ1) is 11.5. The number of ether oxygens (including phenoxy) is 1. The first-order valence-electron chi connectivity index (χ1n) is 7.46. The van der Waals surface area contributed by atoms with Gasteiger partial charge in [0.05, 0.1) is 12.2 Å². The van der Waals surface area contributed by atoms with Crippen LogP contribution in [0, 0.1) is 0 Å². The van der Waals surface area contributed by atoms with Gasteiger partial charge in [0.2, 0.25) is 0 Å². The van der Waals surface area contributed by atoms with E-state index in [0.29, 0.717) is 29.2 Å². The molecule has 0 aromatic heterocycles. The maximum absolute atomic E-state index is 12.3. The van der Waals surface area contributed by atoms with E-state index in [2.05, 4.69) is 10.6 Å². The molecule has 0 aliphatic carbocycles. The number of anilines is 1. The number of para-hydroxylation sites is 1. The Morgan fingerprint density at radius 2 is 1.75 bits per heavy atom. The van der Waals surface area contributed by atoms with E-state index in [0.717, 1.165) is 0 Å². The van der Waals surface area contributed by atoms with E-state index in [-0.39, 0.29) is 16.8 Å². The third kappa shape index (κ3) is 4.63. The van der Waals surface area contributed by atoms with E-state index in [4.69, 9.17) is 17.0 Å². The van der Waals surface area contributed by atoms with Crippen molar-refractivity contribution in [3.05, 3.63) is 59.7 Å². The van der Waals surface area contributed by atoms with Gasteiger partial charge in [0.15, 0.2) is 10.9 Å². The number of hydrogen-bond donors (Lipinski definition) is 2. The fraction of sp³-hybridized carbons (Fsp3) is 0.167. The molecule has 0 saturated heterocycles. The number of carbonyl (C=O) groups is 2. The highest BCUT2D eigenvalue weighted by atomic mass is 32.1. The zero-order valence-electron chi connectivity index (χ0n) is 13.5. The van der Waals surface area contributed by atoms with Crippen molar-refractivity contribution in [3.63, 3.8) is 0 Å². The molecular weight excluding hydrogens is 324 g/mol. The van der Waals surface area contributed by atoms with Crippen LogP contribution >= 0.6 is 12.2 Å². The number of benzene rings is 2. The molecule has 124 valence electrons. The normalized spacial score (nSPS) is 9.92. The van der Waals surface area contributed by atoms with Crippen molar-refractivity contribution in [2.75, 3.05) is 11.9 Å². The van der Waals surface area contributed by atoms with Gasteiger partial charge in [0.25, 0.3) is 5.91 Å². The largest absolute Gasteiger partial charge is 0.493 e. The van der Waals surface area contributed by atoms with Gasteiger partial charge in [0.1, 0.15) is 5.75 Å². The van der Waals surface area contributed by atoms with Crippen LogP contribution in [-0.2, 0) is 0 Å². The Labute approximate surface area is 146 Å². The third-order valence-electron chi connectivity index (χ3n) is 3.21. The van der Waals surface area contributed by atoms with Crippen molar-refractivity contribution in [2.24, 2.45) is 0 Å². The van der Waals surface area contributed by atoms with Crippen LogP contribution in [0.1, 0.15) is 34.6 Å². The van der Waals surface area contributed by atoms with Gasteiger partial charge in [-0.3, -0.25) is 14.9 Å². The lowest BCUT2D eigenvalue weighted by Crippen LogP contribution is -2.34. The van der Waals surface area contributed by atoms with E-state index >= 15 is 0 Å². The van der Waals surface area contributed by atoms with Crippen LogP contribution in [0.15, 0.2) is 48.5 Å². The van der Waals surface area contributed by atoms with E-state index in [1.54, 1.807) is 48.5 Å². The lowest BCUT2D eigenvalue weighted by Gasteiger charge is -2.12. The average molecular weight is 342 g/mol. The molecule has 2 rings (SSSR count). The quantitative estimate of drug-likeness (QED) is 0.644. The van der Waals surface area contributed by atoms with Crippen molar-refractivity contribution in [1.82, 2.24) is 5.32 Å². The molecule has 0 aliphatic heterocycles. The third-order valence-corrected chi connectivity index (χ3v) is 3.41. The zero-order valence-corrected chi connectivity index (χ0v) is 14.3. The Kier molecular flexibility index (Phi) is 6.03. The fourth-order valence-electron chi connectivity index (χ4n) is 2.06. The molecule has 6 heteroatoms. The van der Waals surface area contributed by atoms with Crippen molar-refractivity contribution >= 4 is 34.7 Å². The number of rotatable bonds is 5. The van der Waals surface area contributed by atoms with E-state index < -0.39 is 0 Å². The van der Waals surface area contributed by atoms with E-state index in [1.807, 2.05) is 6.92 Å². The number of carbonyl (C=O) groups excluding carboxylic acids is 2. The second kappa shape index (κ2) is 8.21. The molecule has 0 heterocycles. The lowest BCUT2D eigenvalue weighted by molar-refractivity contribution is 0.0972. The second-order valence-corrected chi connectivity index (χ2v) is 5.38. The summed E-state index contributed by atoms with van der Waals surface area (Å²) in [5, 5.41) is 5.69. The molecule has 1 amide bonds. The van der Waals surface area contributed by atoms with Crippen LogP contribution < -0.4 is 15.4 Å². The molecule has 2 aromatic rings. The molecule has 2 N–H and O–H groups in total. The predicted octanol–water partition coefficient (Wildman–Crippen LogP) is 3.41. The summed E-state index contributed by atoms with van der Waals surface area (Å²) in [5.41, 5.74) is 1.71. The number of hydrogen-bond acceptors (Lipinski definition) is 4. The Morgan fingerprint density at radius 1 is 1.08 bits per heavy atom. The molecule has 0 saturated carbocycles. The highest BCUT2D eigenvalue weighted by Gasteiger charge is 2.13. The smallest absolute Gasteiger partial charge is 0.261 e. The van der Waals surface area contributed by atoms with E-state index in [9.17, 15) is 9.59 Å². The number of Topliss-reactive ketones (excluding diaryl/α,β-unsaturated/α-hetero) is 1. The standard InChI is InChI=1S/C18H18N2O3S/c1-3-23-16-7-5-4-6-15(16)17(22)20-18(24)19-14-10-8-13(9-11-14)12(2)21/h4-11H,3H2,1-2H3,(H2,19,20,22,24).